The van der Waals surface area contributed by atoms with Crippen molar-refractivity contribution in [2.24, 2.45) is 5.84 Å². The molecule has 1 aromatic rings. The van der Waals surface area contributed by atoms with Gasteiger partial charge in [0.1, 0.15) is 5.75 Å². The molecule has 0 heterocycles. The van der Waals surface area contributed by atoms with Crippen molar-refractivity contribution in [1.82, 2.24) is 5.43 Å². The third kappa shape index (κ3) is 3.93. The Kier molecular flexibility index (Phi) is 5.41. The SMILES string of the molecule is CC#CCC(Cc1ccc(OC)cc1)NN. The van der Waals surface area contributed by atoms with Gasteiger partial charge in [-0.05, 0) is 31.0 Å². The molecule has 1 unspecified atom stereocenters. The van der Waals surface area contributed by atoms with Crippen LogP contribution in [-0.2, 0) is 6.42 Å². The average Bonchev–Trinajstić information content (AvgIpc) is 2.35. The minimum atomic E-state index is 0.195. The topological polar surface area (TPSA) is 47.3 Å². The number of benzene rings is 1. The Labute approximate surface area is 97.0 Å². The quantitative estimate of drug-likeness (QED) is 0.447. The molecule has 3 nitrogen and oxygen atoms in total. The monoisotopic (exact) mass is 218 g/mol. The number of nitrogens with one attached hydrogen (secondary N) is 1. The first-order chi connectivity index (χ1) is 7.80. The fraction of sp³-hybridized carbons (Fsp3) is 0.385. The number of methoxy groups -OCH3 is 1. The number of nitrogens with two attached hydrogens (primary N) is 1. The summed E-state index contributed by atoms with van der Waals surface area (Å²) in [6, 6.07) is 8.19. The van der Waals surface area contributed by atoms with E-state index in [0.717, 1.165) is 18.6 Å². The highest BCUT2D eigenvalue weighted by molar-refractivity contribution is 5.27. The molecule has 1 atom stereocenters. The summed E-state index contributed by atoms with van der Waals surface area (Å²) in [6.45, 7) is 1.83. The average molecular weight is 218 g/mol. The van der Waals surface area contributed by atoms with Crippen LogP contribution >= 0.6 is 0 Å². The second kappa shape index (κ2) is 6.89. The fourth-order valence-electron chi connectivity index (χ4n) is 1.46. The van der Waals surface area contributed by atoms with E-state index in [9.17, 15) is 0 Å². The fourth-order valence-corrected chi connectivity index (χ4v) is 1.46. The molecule has 3 heteroatoms. The summed E-state index contributed by atoms with van der Waals surface area (Å²) in [6.07, 6.45) is 1.63. The molecule has 0 fully saturated rings. The van der Waals surface area contributed by atoms with Gasteiger partial charge in [0.05, 0.1) is 7.11 Å². The third-order valence-electron chi connectivity index (χ3n) is 2.40. The second-order valence-corrected chi connectivity index (χ2v) is 3.55. The van der Waals surface area contributed by atoms with E-state index in [2.05, 4.69) is 17.3 Å². The van der Waals surface area contributed by atoms with E-state index >= 15 is 0 Å². The Morgan fingerprint density at radius 1 is 1.38 bits per heavy atom. The van der Waals surface area contributed by atoms with Crippen LogP contribution in [0.1, 0.15) is 18.9 Å². The lowest BCUT2D eigenvalue weighted by Gasteiger charge is -2.13. The molecule has 0 bridgehead atoms. The van der Waals surface area contributed by atoms with Gasteiger partial charge in [0.2, 0.25) is 0 Å². The molecule has 0 radical (unpaired) electrons. The zero-order valence-electron chi connectivity index (χ0n) is 9.79. The number of hydrogen-bond acceptors (Lipinski definition) is 3. The van der Waals surface area contributed by atoms with Gasteiger partial charge in [0, 0.05) is 12.5 Å². The van der Waals surface area contributed by atoms with E-state index in [1.165, 1.54) is 5.56 Å². The van der Waals surface area contributed by atoms with Gasteiger partial charge in [-0.25, -0.2) is 0 Å². The molecule has 86 valence electrons. The van der Waals surface area contributed by atoms with Crippen LogP contribution in [0.3, 0.4) is 0 Å². The van der Waals surface area contributed by atoms with Gasteiger partial charge in [-0.1, -0.05) is 12.1 Å². The Morgan fingerprint density at radius 2 is 2.06 bits per heavy atom. The molecule has 0 amide bonds. The lowest BCUT2D eigenvalue weighted by molar-refractivity contribution is 0.414. The standard InChI is InChI=1S/C13H18N2O/c1-3-4-5-12(15-14)10-11-6-8-13(16-2)9-7-11/h6-9,12,15H,5,10,14H2,1-2H3. The first-order valence-corrected chi connectivity index (χ1v) is 5.28. The molecule has 1 rings (SSSR count). The summed E-state index contributed by atoms with van der Waals surface area (Å²) in [7, 11) is 1.66. The maximum Gasteiger partial charge on any atom is 0.118 e. The zero-order chi connectivity index (χ0) is 11.8. The summed E-state index contributed by atoms with van der Waals surface area (Å²) in [4.78, 5) is 0. The summed E-state index contributed by atoms with van der Waals surface area (Å²) in [5.74, 6) is 12.2. The molecule has 16 heavy (non-hydrogen) atoms. The van der Waals surface area contributed by atoms with Gasteiger partial charge in [-0.2, -0.15) is 0 Å². The second-order valence-electron chi connectivity index (χ2n) is 3.55. The molecule has 0 aliphatic heterocycles. The van der Waals surface area contributed by atoms with Gasteiger partial charge in [-0.15, -0.1) is 11.8 Å². The van der Waals surface area contributed by atoms with Crippen molar-refractivity contribution >= 4 is 0 Å². The summed E-state index contributed by atoms with van der Waals surface area (Å²) in [5, 5.41) is 0. The Hall–Kier alpha value is -1.50. The maximum absolute atomic E-state index is 5.47. The van der Waals surface area contributed by atoms with Gasteiger partial charge < -0.3 is 4.74 Å². The molecule has 0 saturated carbocycles. The first-order valence-electron chi connectivity index (χ1n) is 5.28. The van der Waals surface area contributed by atoms with Crippen molar-refractivity contribution in [1.29, 1.82) is 0 Å². The lowest BCUT2D eigenvalue weighted by atomic mass is 10.0. The van der Waals surface area contributed by atoms with Crippen LogP contribution < -0.4 is 16.0 Å². The minimum Gasteiger partial charge on any atom is -0.497 e. The van der Waals surface area contributed by atoms with Crippen molar-refractivity contribution < 1.29 is 4.74 Å². The summed E-state index contributed by atoms with van der Waals surface area (Å²) in [5.41, 5.74) is 4.00. The highest BCUT2D eigenvalue weighted by Crippen LogP contribution is 2.13. The number of hydrogen-bond donors (Lipinski definition) is 2. The van der Waals surface area contributed by atoms with Crippen molar-refractivity contribution in [3.63, 3.8) is 0 Å². The Morgan fingerprint density at radius 3 is 2.56 bits per heavy atom. The number of ether oxygens (including phenoxy) is 1. The number of hydrazine groups is 1. The van der Waals surface area contributed by atoms with Crippen LogP contribution in [0.4, 0.5) is 0 Å². The largest absolute Gasteiger partial charge is 0.497 e. The predicted molar refractivity (Wildman–Crippen MR) is 65.9 cm³/mol. The third-order valence-corrected chi connectivity index (χ3v) is 2.40. The normalized spacial score (nSPS) is 11.4. The Bertz CT molecular complexity index is 362. The van der Waals surface area contributed by atoms with Gasteiger partial charge >= 0.3 is 0 Å². The first kappa shape index (κ1) is 12.6. The highest BCUT2D eigenvalue weighted by atomic mass is 16.5. The van der Waals surface area contributed by atoms with Gasteiger partial charge in [0.25, 0.3) is 0 Å². The number of rotatable bonds is 5. The maximum atomic E-state index is 5.47. The minimum absolute atomic E-state index is 0.195. The van der Waals surface area contributed by atoms with E-state index in [1.54, 1.807) is 7.11 Å². The summed E-state index contributed by atoms with van der Waals surface area (Å²) < 4.78 is 5.10. The van der Waals surface area contributed by atoms with Crippen LogP contribution in [0.25, 0.3) is 0 Å². The smallest absolute Gasteiger partial charge is 0.118 e. The van der Waals surface area contributed by atoms with E-state index in [4.69, 9.17) is 10.6 Å². The molecular weight excluding hydrogens is 200 g/mol. The van der Waals surface area contributed by atoms with E-state index in [1.807, 2.05) is 31.2 Å². The van der Waals surface area contributed by atoms with Crippen molar-refractivity contribution in [3.05, 3.63) is 29.8 Å². The predicted octanol–water partition coefficient (Wildman–Crippen LogP) is 1.48. The van der Waals surface area contributed by atoms with Crippen LogP contribution in [0.5, 0.6) is 5.75 Å². The van der Waals surface area contributed by atoms with Crippen LogP contribution in [0.15, 0.2) is 24.3 Å². The van der Waals surface area contributed by atoms with Crippen molar-refractivity contribution in [3.8, 4) is 17.6 Å². The molecule has 0 aromatic heterocycles. The van der Waals surface area contributed by atoms with Gasteiger partial charge in [-0.3, -0.25) is 11.3 Å². The molecule has 0 saturated heterocycles. The van der Waals surface area contributed by atoms with E-state index in [-0.39, 0.29) is 6.04 Å². The van der Waals surface area contributed by atoms with E-state index < -0.39 is 0 Å². The van der Waals surface area contributed by atoms with Crippen LogP contribution in [-0.4, -0.2) is 13.2 Å². The van der Waals surface area contributed by atoms with Crippen molar-refractivity contribution in [2.75, 3.05) is 7.11 Å². The molecule has 0 aliphatic rings. The molecule has 0 aliphatic carbocycles. The van der Waals surface area contributed by atoms with Gasteiger partial charge in [0.15, 0.2) is 0 Å². The molecule has 1 aromatic carbocycles. The molecule has 3 N–H and O–H groups in total. The highest BCUT2D eigenvalue weighted by Gasteiger charge is 2.05. The Balaban J connectivity index is 2.58. The van der Waals surface area contributed by atoms with E-state index in [0.29, 0.717) is 0 Å². The molecular formula is C13H18N2O. The molecule has 0 spiro atoms. The summed E-state index contributed by atoms with van der Waals surface area (Å²) >= 11 is 0. The zero-order valence-corrected chi connectivity index (χ0v) is 9.79. The lowest BCUT2D eigenvalue weighted by Crippen LogP contribution is -2.36. The van der Waals surface area contributed by atoms with Crippen LogP contribution in [0.2, 0.25) is 0 Å². The van der Waals surface area contributed by atoms with Crippen LogP contribution in [0, 0.1) is 11.8 Å². The van der Waals surface area contributed by atoms with Crippen molar-refractivity contribution in [2.45, 2.75) is 25.8 Å².